The van der Waals surface area contributed by atoms with Crippen LogP contribution in [0.1, 0.15) is 18.0 Å². The van der Waals surface area contributed by atoms with E-state index in [0.717, 1.165) is 5.69 Å². The van der Waals surface area contributed by atoms with E-state index in [0.29, 0.717) is 38.0 Å². The molecular formula is C13H18FN5O2. The van der Waals surface area contributed by atoms with Crippen LogP contribution in [-0.2, 0) is 6.54 Å². The van der Waals surface area contributed by atoms with Crippen LogP contribution < -0.4 is 4.90 Å². The number of aromatic nitrogens is 3. The summed E-state index contributed by atoms with van der Waals surface area (Å²) in [7, 11) is 1.97. The van der Waals surface area contributed by atoms with Crippen LogP contribution in [0.3, 0.4) is 0 Å². The van der Waals surface area contributed by atoms with Gasteiger partial charge < -0.3 is 13.8 Å². The molecule has 3 rings (SSSR count). The molecule has 3 heterocycles. The van der Waals surface area contributed by atoms with Gasteiger partial charge in [-0.2, -0.15) is 0 Å². The van der Waals surface area contributed by atoms with Gasteiger partial charge in [-0.05, 0) is 7.05 Å². The van der Waals surface area contributed by atoms with E-state index in [9.17, 15) is 4.39 Å². The van der Waals surface area contributed by atoms with E-state index < -0.39 is 6.17 Å². The Morgan fingerprint density at radius 3 is 3.00 bits per heavy atom. The highest BCUT2D eigenvalue weighted by Gasteiger charge is 2.35. The number of rotatable bonds is 5. The predicted octanol–water partition coefficient (Wildman–Crippen LogP) is 1.41. The largest absolute Gasteiger partial charge is 0.408 e. The minimum atomic E-state index is -0.873. The third kappa shape index (κ3) is 3.21. The van der Waals surface area contributed by atoms with Crippen LogP contribution in [0.4, 0.5) is 10.4 Å². The minimum Gasteiger partial charge on any atom is -0.408 e. The monoisotopic (exact) mass is 295 g/mol. The summed E-state index contributed by atoms with van der Waals surface area (Å²) in [6, 6.07) is 2.23. The lowest BCUT2D eigenvalue weighted by Crippen LogP contribution is -2.39. The predicted molar refractivity (Wildman–Crippen MR) is 72.5 cm³/mol. The molecule has 0 bridgehead atoms. The second-order valence-electron chi connectivity index (χ2n) is 5.43. The van der Waals surface area contributed by atoms with E-state index in [1.54, 1.807) is 13.2 Å². The van der Waals surface area contributed by atoms with Gasteiger partial charge in [-0.1, -0.05) is 10.3 Å². The Hall–Kier alpha value is -1.96. The van der Waals surface area contributed by atoms with E-state index in [2.05, 4.69) is 20.3 Å². The van der Waals surface area contributed by atoms with Crippen molar-refractivity contribution in [3.8, 4) is 0 Å². The maximum atomic E-state index is 13.8. The second-order valence-corrected chi connectivity index (χ2v) is 5.43. The summed E-state index contributed by atoms with van der Waals surface area (Å²) >= 11 is 0. The van der Waals surface area contributed by atoms with Gasteiger partial charge in [-0.15, -0.1) is 5.10 Å². The summed E-state index contributed by atoms with van der Waals surface area (Å²) in [6.07, 6.45) is 1.14. The Balaban J connectivity index is 1.65. The molecule has 1 saturated heterocycles. The van der Waals surface area contributed by atoms with Crippen LogP contribution in [-0.4, -0.2) is 52.6 Å². The van der Waals surface area contributed by atoms with Gasteiger partial charge in [-0.3, -0.25) is 4.90 Å². The zero-order valence-corrected chi connectivity index (χ0v) is 12.1. The Bertz CT molecular complexity index is 573. The van der Waals surface area contributed by atoms with Crippen LogP contribution in [0.5, 0.6) is 0 Å². The average Bonchev–Trinajstić information content (AvgIpc) is 3.12. The van der Waals surface area contributed by atoms with Crippen LogP contribution in [0, 0.1) is 6.92 Å². The Morgan fingerprint density at radius 1 is 1.48 bits per heavy atom. The fraction of sp³-hybridized carbons (Fsp3) is 0.615. The number of hydrogen-bond donors (Lipinski definition) is 0. The molecule has 7 nitrogen and oxygen atoms in total. The molecule has 0 spiro atoms. The van der Waals surface area contributed by atoms with Gasteiger partial charge in [0, 0.05) is 38.5 Å². The molecule has 1 fully saturated rings. The first kappa shape index (κ1) is 14.0. The summed E-state index contributed by atoms with van der Waals surface area (Å²) in [4.78, 5) is 3.93. The van der Waals surface area contributed by atoms with Crippen molar-refractivity contribution in [2.45, 2.75) is 32.1 Å². The highest BCUT2D eigenvalue weighted by Crippen LogP contribution is 2.26. The smallest absolute Gasteiger partial charge is 0.318 e. The maximum absolute atomic E-state index is 13.8. The molecule has 0 saturated carbocycles. The molecule has 114 valence electrons. The number of aryl methyl sites for hydroxylation is 1. The summed E-state index contributed by atoms with van der Waals surface area (Å²) < 4.78 is 24.0. The van der Waals surface area contributed by atoms with Crippen molar-refractivity contribution in [1.29, 1.82) is 0 Å². The fourth-order valence-electron chi connectivity index (χ4n) is 2.69. The summed E-state index contributed by atoms with van der Waals surface area (Å²) in [6.45, 7) is 3.37. The van der Waals surface area contributed by atoms with Gasteiger partial charge in [0.25, 0.3) is 0 Å². The number of halogens is 1. The molecule has 1 aliphatic rings. The Kier molecular flexibility index (Phi) is 3.87. The number of hydrogen-bond acceptors (Lipinski definition) is 7. The first-order valence-electron chi connectivity index (χ1n) is 6.90. The third-order valence-electron chi connectivity index (χ3n) is 3.57. The zero-order chi connectivity index (χ0) is 14.8. The van der Waals surface area contributed by atoms with Crippen LogP contribution >= 0.6 is 0 Å². The van der Waals surface area contributed by atoms with Gasteiger partial charge in [0.1, 0.15) is 12.4 Å². The van der Waals surface area contributed by atoms with E-state index >= 15 is 0 Å². The number of alkyl halides is 1. The molecule has 1 aliphatic heterocycles. The molecule has 8 heteroatoms. The van der Waals surface area contributed by atoms with E-state index in [1.165, 1.54) is 0 Å². The van der Waals surface area contributed by atoms with E-state index in [4.69, 9.17) is 8.94 Å². The summed E-state index contributed by atoms with van der Waals surface area (Å²) in [5, 5.41) is 11.7. The number of nitrogens with zero attached hydrogens (tertiary/aromatic N) is 5. The SMILES string of the molecule is Cc1nnc(N2C[C@@H](F)C[C@H]2CN(C)Cc2ccon2)o1. The van der Waals surface area contributed by atoms with Crippen molar-refractivity contribution >= 4 is 6.01 Å². The molecule has 0 amide bonds. The van der Waals surface area contributed by atoms with Crippen molar-refractivity contribution in [2.24, 2.45) is 0 Å². The molecule has 0 radical (unpaired) electrons. The van der Waals surface area contributed by atoms with Crippen LogP contribution in [0.15, 0.2) is 21.3 Å². The van der Waals surface area contributed by atoms with Gasteiger partial charge in [-0.25, -0.2) is 4.39 Å². The van der Waals surface area contributed by atoms with Gasteiger partial charge in [0.05, 0.1) is 12.2 Å². The summed E-state index contributed by atoms with van der Waals surface area (Å²) in [5.41, 5.74) is 0.854. The Labute approximate surface area is 121 Å². The maximum Gasteiger partial charge on any atom is 0.318 e. The lowest BCUT2D eigenvalue weighted by molar-refractivity contribution is 0.279. The fourth-order valence-corrected chi connectivity index (χ4v) is 2.69. The second kappa shape index (κ2) is 5.80. The molecule has 0 aromatic carbocycles. The lowest BCUT2D eigenvalue weighted by atomic mass is 10.2. The molecule has 2 aromatic heterocycles. The number of likely N-dealkylation sites (N-methyl/N-ethyl adjacent to an activating group) is 1. The average molecular weight is 295 g/mol. The summed E-state index contributed by atoms with van der Waals surface area (Å²) in [5.74, 6) is 0.488. The molecule has 0 unspecified atom stereocenters. The van der Waals surface area contributed by atoms with E-state index in [-0.39, 0.29) is 6.04 Å². The standard InChI is InChI=1S/C13H18FN5O2/c1-9-15-16-13(21-9)19-6-10(14)5-12(19)8-18(2)7-11-3-4-20-17-11/h3-4,10,12H,5-8H2,1-2H3/t10-,12-/m0/s1. The quantitative estimate of drug-likeness (QED) is 0.826. The lowest BCUT2D eigenvalue weighted by Gasteiger charge is -2.26. The molecule has 2 aromatic rings. The minimum absolute atomic E-state index is 0.0109. The van der Waals surface area contributed by atoms with Crippen molar-refractivity contribution in [1.82, 2.24) is 20.3 Å². The highest BCUT2D eigenvalue weighted by atomic mass is 19.1. The number of anilines is 1. The molecule has 21 heavy (non-hydrogen) atoms. The van der Waals surface area contributed by atoms with Gasteiger partial charge in [0.15, 0.2) is 0 Å². The van der Waals surface area contributed by atoms with Gasteiger partial charge >= 0.3 is 6.01 Å². The van der Waals surface area contributed by atoms with Crippen molar-refractivity contribution < 1.29 is 13.3 Å². The molecule has 0 aliphatic carbocycles. The molecule has 2 atom stereocenters. The third-order valence-corrected chi connectivity index (χ3v) is 3.57. The van der Waals surface area contributed by atoms with Crippen LogP contribution in [0.25, 0.3) is 0 Å². The normalized spacial score (nSPS) is 22.4. The molecular weight excluding hydrogens is 277 g/mol. The van der Waals surface area contributed by atoms with Crippen LogP contribution in [0.2, 0.25) is 0 Å². The highest BCUT2D eigenvalue weighted by molar-refractivity contribution is 5.30. The van der Waals surface area contributed by atoms with Crippen molar-refractivity contribution in [2.75, 3.05) is 25.0 Å². The van der Waals surface area contributed by atoms with Crippen molar-refractivity contribution in [3.05, 3.63) is 23.9 Å². The van der Waals surface area contributed by atoms with Crippen molar-refractivity contribution in [3.63, 3.8) is 0 Å². The topological polar surface area (TPSA) is 71.4 Å². The van der Waals surface area contributed by atoms with Gasteiger partial charge in [0.2, 0.25) is 5.89 Å². The first-order chi connectivity index (χ1) is 10.1. The Morgan fingerprint density at radius 2 is 2.33 bits per heavy atom. The first-order valence-corrected chi connectivity index (χ1v) is 6.90. The molecule has 0 N–H and O–H groups in total. The van der Waals surface area contributed by atoms with E-state index in [1.807, 2.05) is 18.0 Å². The zero-order valence-electron chi connectivity index (χ0n) is 12.1.